The first-order chi connectivity index (χ1) is 16.0. The lowest BCUT2D eigenvalue weighted by atomic mass is 10.1. The van der Waals surface area contributed by atoms with Crippen LogP contribution < -0.4 is 10.7 Å². The van der Waals surface area contributed by atoms with Gasteiger partial charge in [0.05, 0.1) is 6.54 Å². The van der Waals surface area contributed by atoms with Gasteiger partial charge < -0.3 is 14.8 Å². The number of rotatable bonds is 6. The van der Waals surface area contributed by atoms with Crippen LogP contribution in [0.4, 0.5) is 0 Å². The quantitative estimate of drug-likeness (QED) is 0.558. The van der Waals surface area contributed by atoms with Gasteiger partial charge >= 0.3 is 0 Å². The number of amides is 2. The Bertz CT molecular complexity index is 1170. The van der Waals surface area contributed by atoms with E-state index in [2.05, 4.69) is 11.4 Å². The molecular formula is C26H31N3O3S. The average Bonchev–Trinajstić information content (AvgIpc) is 3.05. The summed E-state index contributed by atoms with van der Waals surface area (Å²) in [5.41, 5.74) is -0.374. The van der Waals surface area contributed by atoms with E-state index in [1.165, 1.54) is 0 Å². The maximum Gasteiger partial charge on any atom is 0.259 e. The lowest BCUT2D eigenvalue weighted by Gasteiger charge is -2.22. The minimum atomic E-state index is -0.488. The first-order valence-electron chi connectivity index (χ1n) is 11.8. The molecule has 4 rings (SSSR count). The first kappa shape index (κ1) is 23.2. The van der Waals surface area contributed by atoms with Crippen molar-refractivity contribution in [1.29, 1.82) is 0 Å². The lowest BCUT2D eigenvalue weighted by molar-refractivity contribution is 0.0759. The summed E-state index contributed by atoms with van der Waals surface area (Å²) in [6.07, 6.45) is 8.13. The molecule has 2 amide bonds. The van der Waals surface area contributed by atoms with Gasteiger partial charge in [-0.1, -0.05) is 38.0 Å². The molecule has 1 aliphatic heterocycles. The number of hydrogen-bond acceptors (Lipinski definition) is 4. The van der Waals surface area contributed by atoms with E-state index in [-0.39, 0.29) is 23.1 Å². The van der Waals surface area contributed by atoms with Crippen molar-refractivity contribution in [2.24, 2.45) is 0 Å². The molecule has 3 aromatic rings. The van der Waals surface area contributed by atoms with Crippen molar-refractivity contribution in [2.45, 2.75) is 58.5 Å². The molecule has 33 heavy (non-hydrogen) atoms. The summed E-state index contributed by atoms with van der Waals surface area (Å²) in [5, 5.41) is 4.03. The van der Waals surface area contributed by atoms with Crippen molar-refractivity contribution < 1.29 is 9.59 Å². The molecule has 174 valence electrons. The molecule has 1 fully saturated rings. The minimum absolute atomic E-state index is 0.0251. The first-order valence-corrected chi connectivity index (χ1v) is 12.6. The van der Waals surface area contributed by atoms with Gasteiger partial charge in [0.1, 0.15) is 11.1 Å². The van der Waals surface area contributed by atoms with Gasteiger partial charge in [0.25, 0.3) is 11.8 Å². The maximum absolute atomic E-state index is 13.3. The van der Waals surface area contributed by atoms with E-state index in [0.717, 1.165) is 47.1 Å². The maximum atomic E-state index is 13.3. The Hall–Kier alpha value is -2.93. The van der Waals surface area contributed by atoms with Crippen LogP contribution in [0.1, 0.15) is 77.6 Å². The van der Waals surface area contributed by atoms with Crippen LogP contribution in [0.2, 0.25) is 0 Å². The molecule has 2 aromatic heterocycles. The summed E-state index contributed by atoms with van der Waals surface area (Å²) in [5.74, 6) is -0.710. The number of fused-ring (bicyclic) bond motifs is 1. The number of hydrogen-bond donors (Lipinski definition) is 1. The van der Waals surface area contributed by atoms with Gasteiger partial charge in [-0.3, -0.25) is 14.4 Å². The zero-order chi connectivity index (χ0) is 23.4. The molecule has 1 aliphatic rings. The fourth-order valence-electron chi connectivity index (χ4n) is 4.21. The highest BCUT2D eigenvalue weighted by molar-refractivity contribution is 7.19. The molecule has 0 spiro atoms. The Kier molecular flexibility index (Phi) is 7.28. The number of aromatic nitrogens is 1. The number of nitrogens with one attached hydrogen (secondary N) is 1. The van der Waals surface area contributed by atoms with Crippen LogP contribution in [0.5, 0.6) is 0 Å². The number of thiophene rings is 1. The van der Waals surface area contributed by atoms with Crippen molar-refractivity contribution in [2.75, 3.05) is 13.1 Å². The molecule has 0 unspecified atom stereocenters. The highest BCUT2D eigenvalue weighted by atomic mass is 32.1. The molecule has 0 radical (unpaired) electrons. The van der Waals surface area contributed by atoms with E-state index in [4.69, 9.17) is 0 Å². The minimum Gasteiger partial charge on any atom is -0.350 e. The summed E-state index contributed by atoms with van der Waals surface area (Å²) >= 11 is 1.62. The Morgan fingerprint density at radius 1 is 1.06 bits per heavy atom. The summed E-state index contributed by atoms with van der Waals surface area (Å²) in [7, 11) is 0. The Labute approximate surface area is 198 Å². The molecule has 7 heteroatoms. The van der Waals surface area contributed by atoms with Crippen molar-refractivity contribution >= 4 is 33.2 Å². The fraction of sp³-hybridized carbons (Fsp3) is 0.423. The van der Waals surface area contributed by atoms with Crippen molar-refractivity contribution in [1.82, 2.24) is 14.8 Å². The zero-order valence-corrected chi connectivity index (χ0v) is 20.1. The molecule has 0 saturated carbocycles. The van der Waals surface area contributed by atoms with Crippen LogP contribution in [0.3, 0.4) is 0 Å². The van der Waals surface area contributed by atoms with Gasteiger partial charge in [-0.05, 0) is 43.7 Å². The predicted molar refractivity (Wildman–Crippen MR) is 133 cm³/mol. The predicted octanol–water partition coefficient (Wildman–Crippen LogP) is 4.98. The third kappa shape index (κ3) is 5.19. The monoisotopic (exact) mass is 465 g/mol. The van der Waals surface area contributed by atoms with E-state index in [1.807, 2.05) is 42.7 Å². The number of likely N-dealkylation sites (tertiary alicyclic amines) is 1. The molecule has 1 N–H and O–H groups in total. The van der Waals surface area contributed by atoms with Crippen LogP contribution in [0.25, 0.3) is 10.1 Å². The van der Waals surface area contributed by atoms with E-state index in [0.29, 0.717) is 19.6 Å². The van der Waals surface area contributed by atoms with Gasteiger partial charge in [0.2, 0.25) is 5.43 Å². The van der Waals surface area contributed by atoms with Crippen LogP contribution >= 0.6 is 11.3 Å². The highest BCUT2D eigenvalue weighted by Crippen LogP contribution is 2.25. The summed E-state index contributed by atoms with van der Waals surface area (Å²) in [6.45, 7) is 5.71. The molecule has 3 heterocycles. The van der Waals surface area contributed by atoms with Crippen LogP contribution in [-0.4, -0.2) is 34.4 Å². The topological polar surface area (TPSA) is 71.4 Å². The van der Waals surface area contributed by atoms with Gasteiger partial charge in [-0.25, -0.2) is 0 Å². The number of carbonyl (C=O) groups excluding carboxylic acids is 2. The number of benzene rings is 1. The van der Waals surface area contributed by atoms with Gasteiger partial charge in [0.15, 0.2) is 0 Å². The van der Waals surface area contributed by atoms with E-state index in [9.17, 15) is 14.4 Å². The second-order valence-electron chi connectivity index (χ2n) is 8.76. The standard InChI is InChI=1S/C26H31N3O3S/c1-3-18(2)29-16-21(24(30)22(17-29)26(32)28-12-8-4-5-9-13-28)25(31)27-15-20-14-19-10-6-7-11-23(19)33-20/h6-7,10-11,14,16-18H,3-5,8-9,12-13,15H2,1-2H3,(H,27,31)/t18-/m1/s1. The highest BCUT2D eigenvalue weighted by Gasteiger charge is 2.24. The van der Waals surface area contributed by atoms with Crippen molar-refractivity contribution in [3.8, 4) is 0 Å². The van der Waals surface area contributed by atoms with Gasteiger partial charge in [-0.15, -0.1) is 11.3 Å². The van der Waals surface area contributed by atoms with E-state index >= 15 is 0 Å². The summed E-state index contributed by atoms with van der Waals surface area (Å²) in [4.78, 5) is 42.4. The fourth-order valence-corrected chi connectivity index (χ4v) is 5.21. The largest absolute Gasteiger partial charge is 0.350 e. The Morgan fingerprint density at radius 3 is 2.45 bits per heavy atom. The Morgan fingerprint density at radius 2 is 1.76 bits per heavy atom. The normalized spacial score (nSPS) is 15.3. The molecule has 1 aromatic carbocycles. The Balaban J connectivity index is 1.61. The number of nitrogens with zero attached hydrogens (tertiary/aromatic N) is 2. The van der Waals surface area contributed by atoms with Gasteiger partial charge in [0, 0.05) is 41.1 Å². The molecule has 1 atom stereocenters. The van der Waals surface area contributed by atoms with E-state index in [1.54, 1.807) is 28.6 Å². The lowest BCUT2D eigenvalue weighted by Crippen LogP contribution is -2.38. The molecule has 1 saturated heterocycles. The van der Waals surface area contributed by atoms with Gasteiger partial charge in [-0.2, -0.15) is 0 Å². The third-order valence-corrected chi connectivity index (χ3v) is 7.53. The van der Waals surface area contributed by atoms with Crippen LogP contribution in [0, 0.1) is 0 Å². The molecule has 6 nitrogen and oxygen atoms in total. The zero-order valence-electron chi connectivity index (χ0n) is 19.3. The summed E-state index contributed by atoms with van der Waals surface area (Å²) < 4.78 is 2.99. The van der Waals surface area contributed by atoms with E-state index < -0.39 is 11.3 Å². The average molecular weight is 466 g/mol. The van der Waals surface area contributed by atoms with Crippen molar-refractivity contribution in [3.63, 3.8) is 0 Å². The molecular weight excluding hydrogens is 434 g/mol. The van der Waals surface area contributed by atoms with Crippen LogP contribution in [-0.2, 0) is 6.54 Å². The molecule has 0 bridgehead atoms. The number of carbonyl (C=O) groups is 2. The summed E-state index contributed by atoms with van der Waals surface area (Å²) in [6, 6.07) is 10.2. The molecule has 0 aliphatic carbocycles. The second-order valence-corrected chi connectivity index (χ2v) is 9.93. The smallest absolute Gasteiger partial charge is 0.259 e. The van der Waals surface area contributed by atoms with Crippen molar-refractivity contribution in [3.05, 3.63) is 69.0 Å². The number of pyridine rings is 1. The second kappa shape index (κ2) is 10.3. The third-order valence-electron chi connectivity index (χ3n) is 6.41. The van der Waals surface area contributed by atoms with Crippen LogP contribution in [0.15, 0.2) is 47.5 Å². The SMILES string of the molecule is CC[C@@H](C)n1cc(C(=O)NCc2cc3ccccc3s2)c(=O)c(C(=O)N2CCCCCC2)c1.